The van der Waals surface area contributed by atoms with Crippen molar-refractivity contribution in [1.29, 1.82) is 5.41 Å². The van der Waals surface area contributed by atoms with Gasteiger partial charge in [0.25, 0.3) is 0 Å². The number of nitrogens with two attached hydrogens (primary N) is 1. The summed E-state index contributed by atoms with van der Waals surface area (Å²) < 4.78 is 4.69. The largest absolute Gasteiger partial charge is 0.396 e. The zero-order valence-electron chi connectivity index (χ0n) is 19.1. The highest BCUT2D eigenvalue weighted by Gasteiger charge is 2.59. The molecule has 5 N–H and O–H groups in total. The van der Waals surface area contributed by atoms with Crippen LogP contribution in [0.5, 0.6) is 0 Å². The zero-order chi connectivity index (χ0) is 22.2. The van der Waals surface area contributed by atoms with E-state index in [1.165, 1.54) is 38.5 Å². The first kappa shape index (κ1) is 22.9. The molecule has 7 nitrogen and oxygen atoms in total. The molecular weight excluding hydrogens is 392 g/mol. The normalized spacial score (nSPS) is 41.6. The van der Waals surface area contributed by atoms with Gasteiger partial charge in [0.15, 0.2) is 5.82 Å². The minimum atomic E-state index is -0.0477. The summed E-state index contributed by atoms with van der Waals surface area (Å²) in [6, 6.07) is 0. The van der Waals surface area contributed by atoms with Crippen LogP contribution in [0.25, 0.3) is 0 Å². The Morgan fingerprint density at radius 1 is 1.10 bits per heavy atom. The summed E-state index contributed by atoms with van der Waals surface area (Å²) in [6.07, 6.45) is 11.3. The number of aromatic nitrogens is 2. The molecule has 1 aromatic rings. The first-order valence-electron chi connectivity index (χ1n) is 12.2. The molecule has 0 aliphatic heterocycles. The Morgan fingerprint density at radius 2 is 1.87 bits per heavy atom. The molecule has 1 heterocycles. The van der Waals surface area contributed by atoms with E-state index in [9.17, 15) is 5.11 Å². The van der Waals surface area contributed by atoms with Crippen LogP contribution in [0.2, 0.25) is 0 Å². The van der Waals surface area contributed by atoms with E-state index in [0.29, 0.717) is 23.6 Å². The van der Waals surface area contributed by atoms with Crippen LogP contribution >= 0.6 is 0 Å². The van der Waals surface area contributed by atoms with Crippen LogP contribution < -0.4 is 5.73 Å². The van der Waals surface area contributed by atoms with E-state index in [2.05, 4.69) is 24.0 Å². The molecule has 0 aromatic carbocycles. The molecule has 0 radical (unpaired) electrons. The second-order valence-corrected chi connectivity index (χ2v) is 10.9. The fourth-order valence-electron chi connectivity index (χ4n) is 7.62. The fourth-order valence-corrected chi connectivity index (χ4v) is 7.62. The molecule has 1 aromatic heterocycles. The summed E-state index contributed by atoms with van der Waals surface area (Å²) in [4.78, 5) is 3.86. The van der Waals surface area contributed by atoms with E-state index < -0.39 is 0 Å². The van der Waals surface area contributed by atoms with Gasteiger partial charge in [-0.3, -0.25) is 0 Å². The number of hydrogen-bond donors (Lipinski definition) is 4. The van der Waals surface area contributed by atoms with Crippen molar-refractivity contribution in [1.82, 2.24) is 10.1 Å². The second-order valence-electron chi connectivity index (χ2n) is 10.9. The molecule has 0 spiro atoms. The van der Waals surface area contributed by atoms with E-state index >= 15 is 0 Å². The van der Waals surface area contributed by atoms with E-state index in [1.54, 1.807) is 0 Å². The summed E-state index contributed by atoms with van der Waals surface area (Å²) in [5.41, 5.74) is 6.92. The number of hydrogen-bond acceptors (Lipinski definition) is 7. The summed E-state index contributed by atoms with van der Waals surface area (Å²) in [5, 5.41) is 30.5. The average Bonchev–Trinajstić information content (AvgIpc) is 3.33. The van der Waals surface area contributed by atoms with Crippen molar-refractivity contribution < 1.29 is 14.7 Å². The highest BCUT2D eigenvalue weighted by atomic mass is 16.5. The molecule has 5 rings (SSSR count). The van der Waals surface area contributed by atoms with Crippen molar-refractivity contribution in [2.75, 3.05) is 6.61 Å². The summed E-state index contributed by atoms with van der Waals surface area (Å²) in [6.45, 7) is 5.21. The van der Waals surface area contributed by atoms with Gasteiger partial charge in [0.05, 0.1) is 25.7 Å². The first-order chi connectivity index (χ1) is 14.8. The SMILES string of the molecule is C[C@]12CCC(=N)CC1CCC1C2CC[C@@]2(C)C1CC[C@@H]2O.NCc1noc(CCO)n1. The number of aliphatic hydroxyl groups excluding tert-OH is 2. The number of nitrogens with one attached hydrogen (secondary N) is 1. The maximum atomic E-state index is 10.5. The molecule has 0 amide bonds. The van der Waals surface area contributed by atoms with Gasteiger partial charge in [-0.05, 0) is 92.3 Å². The lowest BCUT2D eigenvalue weighted by atomic mass is 9.45. The molecule has 0 saturated heterocycles. The maximum absolute atomic E-state index is 10.5. The Balaban J connectivity index is 0.000000196. The number of rotatable bonds is 3. The topological polar surface area (TPSA) is 129 Å². The lowest BCUT2D eigenvalue weighted by Crippen LogP contribution is -2.54. The average molecular weight is 433 g/mol. The molecule has 4 aliphatic carbocycles. The maximum Gasteiger partial charge on any atom is 0.229 e. The smallest absolute Gasteiger partial charge is 0.229 e. The fraction of sp³-hybridized carbons (Fsp3) is 0.875. The minimum absolute atomic E-state index is 0.0200. The van der Waals surface area contributed by atoms with Gasteiger partial charge in [-0.1, -0.05) is 19.0 Å². The molecule has 0 bridgehead atoms. The van der Waals surface area contributed by atoms with Crippen LogP contribution in [0, 0.1) is 39.9 Å². The molecular formula is C24H40N4O3. The minimum Gasteiger partial charge on any atom is -0.396 e. The third kappa shape index (κ3) is 4.09. The summed E-state index contributed by atoms with van der Waals surface area (Å²) in [5.74, 6) is 4.18. The molecule has 4 saturated carbocycles. The van der Waals surface area contributed by atoms with Crippen molar-refractivity contribution in [3.05, 3.63) is 11.7 Å². The molecule has 4 fully saturated rings. The predicted molar refractivity (Wildman–Crippen MR) is 118 cm³/mol. The number of nitrogens with zero attached hydrogens (tertiary/aromatic N) is 2. The van der Waals surface area contributed by atoms with Gasteiger partial charge in [-0.15, -0.1) is 0 Å². The van der Waals surface area contributed by atoms with Crippen molar-refractivity contribution in [2.24, 2.45) is 40.2 Å². The lowest BCUT2D eigenvalue weighted by molar-refractivity contribution is -0.112. The van der Waals surface area contributed by atoms with Crippen molar-refractivity contribution in [3.8, 4) is 0 Å². The summed E-state index contributed by atoms with van der Waals surface area (Å²) in [7, 11) is 0. The molecule has 31 heavy (non-hydrogen) atoms. The van der Waals surface area contributed by atoms with Crippen molar-refractivity contribution in [3.63, 3.8) is 0 Å². The van der Waals surface area contributed by atoms with Crippen LogP contribution in [0.4, 0.5) is 0 Å². The lowest BCUT2D eigenvalue weighted by Gasteiger charge is -2.60. The van der Waals surface area contributed by atoms with Gasteiger partial charge in [-0.25, -0.2) is 0 Å². The van der Waals surface area contributed by atoms with Gasteiger partial charge in [-0.2, -0.15) is 4.98 Å². The molecule has 7 atom stereocenters. The van der Waals surface area contributed by atoms with Crippen LogP contribution in [-0.4, -0.2) is 38.8 Å². The Labute approximate surface area is 185 Å². The number of fused-ring (bicyclic) bond motifs is 5. The van der Waals surface area contributed by atoms with E-state index in [0.717, 1.165) is 48.6 Å². The van der Waals surface area contributed by atoms with Crippen LogP contribution in [0.3, 0.4) is 0 Å². The first-order valence-corrected chi connectivity index (χ1v) is 12.2. The van der Waals surface area contributed by atoms with Gasteiger partial charge in [0, 0.05) is 5.71 Å². The van der Waals surface area contributed by atoms with Crippen LogP contribution in [-0.2, 0) is 13.0 Å². The molecule has 7 heteroatoms. The van der Waals surface area contributed by atoms with E-state index in [-0.39, 0.29) is 24.7 Å². The van der Waals surface area contributed by atoms with E-state index in [4.69, 9.17) is 20.8 Å². The highest BCUT2D eigenvalue weighted by molar-refractivity contribution is 5.82. The van der Waals surface area contributed by atoms with E-state index in [1.807, 2.05) is 0 Å². The standard InChI is InChI=1S/C19H31NO.C5H9N3O2/c1-18-9-7-13(20)11-12(18)3-4-14-15-5-6-17(21)19(15,2)10-8-16(14)18;6-3-4-7-5(1-2-9)10-8-4/h12,14-17,20-21H,3-11H2,1-2H3;9H,1-3,6H2/t12?,14?,15?,16?,17-,18-,19-;/m0./s1. The van der Waals surface area contributed by atoms with Gasteiger partial charge < -0.3 is 25.9 Å². The van der Waals surface area contributed by atoms with Gasteiger partial charge >= 0.3 is 0 Å². The second kappa shape index (κ2) is 8.91. The van der Waals surface area contributed by atoms with Gasteiger partial charge in [0.2, 0.25) is 5.89 Å². The molecule has 174 valence electrons. The Kier molecular flexibility index (Phi) is 6.57. The summed E-state index contributed by atoms with van der Waals surface area (Å²) >= 11 is 0. The number of aliphatic hydroxyl groups is 2. The third-order valence-corrected chi connectivity index (χ3v) is 9.49. The Bertz CT molecular complexity index is 783. The quantitative estimate of drug-likeness (QED) is 0.579. The van der Waals surface area contributed by atoms with Crippen LogP contribution in [0.15, 0.2) is 4.52 Å². The predicted octanol–water partition coefficient (Wildman–Crippen LogP) is 3.47. The van der Waals surface area contributed by atoms with Gasteiger partial charge in [0.1, 0.15) is 0 Å². The van der Waals surface area contributed by atoms with Crippen LogP contribution in [0.1, 0.15) is 83.3 Å². The monoisotopic (exact) mass is 432 g/mol. The van der Waals surface area contributed by atoms with Crippen molar-refractivity contribution >= 4 is 5.71 Å². The Morgan fingerprint density at radius 3 is 2.58 bits per heavy atom. The molecule has 4 unspecified atom stereocenters. The third-order valence-electron chi connectivity index (χ3n) is 9.49. The van der Waals surface area contributed by atoms with Crippen molar-refractivity contribution in [2.45, 2.75) is 90.7 Å². The zero-order valence-corrected chi connectivity index (χ0v) is 19.1. The molecule has 4 aliphatic rings. The highest BCUT2D eigenvalue weighted by Crippen LogP contribution is 2.65. The Hall–Kier alpha value is -1.31.